The van der Waals surface area contributed by atoms with Crippen molar-refractivity contribution in [3.8, 4) is 0 Å². The summed E-state index contributed by atoms with van der Waals surface area (Å²) < 4.78 is 4.98. The summed E-state index contributed by atoms with van der Waals surface area (Å²) in [6.45, 7) is 6.01. The van der Waals surface area contributed by atoms with Crippen molar-refractivity contribution in [1.29, 1.82) is 0 Å². The van der Waals surface area contributed by atoms with Crippen LogP contribution in [0.15, 0.2) is 0 Å². The van der Waals surface area contributed by atoms with E-state index in [4.69, 9.17) is 9.88 Å². The minimum absolute atomic E-state index is 0.392. The van der Waals surface area contributed by atoms with Crippen LogP contribution in [0.3, 0.4) is 0 Å². The number of alkyl carbamates (subject to hydrolysis) is 1. The van der Waals surface area contributed by atoms with E-state index in [1.807, 2.05) is 20.8 Å². The first-order valence-corrected chi connectivity index (χ1v) is 4.79. The van der Waals surface area contributed by atoms with Crippen LogP contribution in [0.2, 0.25) is 0 Å². The van der Waals surface area contributed by atoms with Gasteiger partial charge in [0, 0.05) is 12.3 Å². The summed E-state index contributed by atoms with van der Waals surface area (Å²) in [6.07, 6.45) is -0.392. The van der Waals surface area contributed by atoms with E-state index in [0.717, 1.165) is 0 Å². The molecule has 0 heterocycles. The first-order valence-electron chi connectivity index (χ1n) is 3.74. The van der Waals surface area contributed by atoms with Crippen LogP contribution in [0.4, 0.5) is 4.79 Å². The fourth-order valence-corrected chi connectivity index (χ4v) is 0.746. The highest BCUT2D eigenvalue weighted by Crippen LogP contribution is 2.06. The second-order valence-corrected chi connectivity index (χ2v) is 4.04. The van der Waals surface area contributed by atoms with E-state index in [0.29, 0.717) is 12.3 Å². The van der Waals surface area contributed by atoms with Crippen molar-refractivity contribution in [2.45, 2.75) is 26.4 Å². The topological polar surface area (TPSA) is 64.3 Å². The molecule has 0 unspecified atom stereocenters. The molecular weight excluding hydrogens is 176 g/mol. The number of nitrogens with one attached hydrogen (secondary N) is 1. The average molecular weight is 192 g/mol. The molecule has 0 saturated heterocycles. The van der Waals surface area contributed by atoms with Gasteiger partial charge in [-0.25, -0.2) is 4.79 Å². The molecule has 3 N–H and O–H groups in total. The Morgan fingerprint density at radius 2 is 2.17 bits per heavy atom. The van der Waals surface area contributed by atoms with Crippen LogP contribution in [-0.4, -0.2) is 24.0 Å². The minimum Gasteiger partial charge on any atom is -0.444 e. The molecule has 0 fully saturated rings. The van der Waals surface area contributed by atoms with Gasteiger partial charge in [-0.1, -0.05) is 11.9 Å². The lowest BCUT2D eigenvalue weighted by molar-refractivity contribution is 0.0531. The van der Waals surface area contributed by atoms with Gasteiger partial charge in [0.1, 0.15) is 5.60 Å². The van der Waals surface area contributed by atoms with E-state index >= 15 is 0 Å². The van der Waals surface area contributed by atoms with Crippen LogP contribution < -0.4 is 10.5 Å². The molecule has 0 aliphatic carbocycles. The molecule has 0 bridgehead atoms. The zero-order valence-corrected chi connectivity index (χ0v) is 8.53. The Bertz CT molecular complexity index is 145. The molecule has 0 aliphatic rings. The molecule has 4 nitrogen and oxygen atoms in total. The lowest BCUT2D eigenvalue weighted by atomic mass is 10.2. The van der Waals surface area contributed by atoms with Gasteiger partial charge < -0.3 is 10.1 Å². The predicted octanol–water partition coefficient (Wildman–Crippen LogP) is 1.12. The van der Waals surface area contributed by atoms with Crippen LogP contribution >= 0.6 is 11.9 Å². The van der Waals surface area contributed by atoms with E-state index in [1.54, 1.807) is 0 Å². The van der Waals surface area contributed by atoms with Gasteiger partial charge in [0.05, 0.1) is 0 Å². The Morgan fingerprint density at radius 3 is 2.58 bits per heavy atom. The molecule has 5 heteroatoms. The quantitative estimate of drug-likeness (QED) is 0.519. The van der Waals surface area contributed by atoms with Crippen molar-refractivity contribution in [3.63, 3.8) is 0 Å². The summed E-state index contributed by atoms with van der Waals surface area (Å²) in [5, 5.41) is 7.74. The first-order chi connectivity index (χ1) is 5.45. The fraction of sp³-hybridized carbons (Fsp3) is 0.857. The van der Waals surface area contributed by atoms with E-state index in [1.165, 1.54) is 11.9 Å². The van der Waals surface area contributed by atoms with Crippen LogP contribution in [0.5, 0.6) is 0 Å². The summed E-state index contributed by atoms with van der Waals surface area (Å²) >= 11 is 1.19. The van der Waals surface area contributed by atoms with Gasteiger partial charge in [-0.3, -0.25) is 5.14 Å². The van der Waals surface area contributed by atoms with E-state index in [9.17, 15) is 4.79 Å². The number of nitrogens with two attached hydrogens (primary N) is 1. The molecular formula is C7H16N2O2S. The number of hydrogen-bond acceptors (Lipinski definition) is 4. The number of amides is 1. The number of carbonyl (C=O) groups excluding carboxylic acids is 1. The second-order valence-electron chi connectivity index (χ2n) is 3.30. The summed E-state index contributed by atoms with van der Waals surface area (Å²) in [5.74, 6) is 0.694. The van der Waals surface area contributed by atoms with Gasteiger partial charge in [0.25, 0.3) is 0 Å². The van der Waals surface area contributed by atoms with E-state index in [-0.39, 0.29) is 0 Å². The SMILES string of the molecule is CC(C)(C)OC(=O)NCCSN. The average Bonchev–Trinajstić information content (AvgIpc) is 1.84. The van der Waals surface area contributed by atoms with Gasteiger partial charge in [0.15, 0.2) is 0 Å². The smallest absolute Gasteiger partial charge is 0.407 e. The Morgan fingerprint density at radius 1 is 1.58 bits per heavy atom. The first kappa shape index (κ1) is 11.6. The Labute approximate surface area is 77.4 Å². The Hall–Kier alpha value is -0.420. The molecule has 0 atom stereocenters. The van der Waals surface area contributed by atoms with Gasteiger partial charge in [-0.05, 0) is 20.8 Å². The molecule has 72 valence electrons. The van der Waals surface area contributed by atoms with Crippen molar-refractivity contribution in [1.82, 2.24) is 5.32 Å². The maximum Gasteiger partial charge on any atom is 0.407 e. The number of carbonyl (C=O) groups is 1. The summed E-state index contributed by atoms with van der Waals surface area (Å²) in [4.78, 5) is 11.0. The second kappa shape index (κ2) is 5.27. The van der Waals surface area contributed by atoms with Crippen molar-refractivity contribution in [2.24, 2.45) is 5.14 Å². The monoisotopic (exact) mass is 192 g/mol. The highest BCUT2D eigenvalue weighted by Gasteiger charge is 2.15. The summed E-state index contributed by atoms with van der Waals surface area (Å²) in [6, 6.07) is 0. The number of ether oxygens (including phenoxy) is 1. The lowest BCUT2D eigenvalue weighted by Crippen LogP contribution is -2.33. The van der Waals surface area contributed by atoms with Crippen molar-refractivity contribution < 1.29 is 9.53 Å². The highest BCUT2D eigenvalue weighted by molar-refractivity contribution is 7.97. The van der Waals surface area contributed by atoms with Gasteiger partial charge >= 0.3 is 6.09 Å². The van der Waals surface area contributed by atoms with Crippen molar-refractivity contribution in [2.75, 3.05) is 12.3 Å². The van der Waals surface area contributed by atoms with Crippen LogP contribution in [-0.2, 0) is 4.74 Å². The fourth-order valence-electron chi connectivity index (χ4n) is 0.526. The standard InChI is InChI=1S/C7H16N2O2S/c1-7(2,3)11-6(10)9-4-5-12-8/h4-5,8H2,1-3H3,(H,9,10). The molecule has 0 aromatic rings. The minimum atomic E-state index is -0.431. The highest BCUT2D eigenvalue weighted by atomic mass is 32.2. The Kier molecular flexibility index (Phi) is 5.08. The normalized spacial score (nSPS) is 11.0. The van der Waals surface area contributed by atoms with Crippen LogP contribution in [0, 0.1) is 0 Å². The summed E-state index contributed by atoms with van der Waals surface area (Å²) in [5.41, 5.74) is -0.431. The molecule has 0 rings (SSSR count). The predicted molar refractivity (Wildman–Crippen MR) is 50.9 cm³/mol. The third kappa shape index (κ3) is 7.68. The van der Waals surface area contributed by atoms with Gasteiger partial charge in [-0.2, -0.15) is 0 Å². The molecule has 12 heavy (non-hydrogen) atoms. The third-order valence-electron chi connectivity index (χ3n) is 0.888. The van der Waals surface area contributed by atoms with Crippen molar-refractivity contribution in [3.05, 3.63) is 0 Å². The molecule has 0 aliphatic heterocycles. The molecule has 1 amide bonds. The third-order valence-corrected chi connectivity index (χ3v) is 1.33. The van der Waals surface area contributed by atoms with Crippen molar-refractivity contribution >= 4 is 18.0 Å². The largest absolute Gasteiger partial charge is 0.444 e. The molecule has 0 saturated carbocycles. The van der Waals surface area contributed by atoms with Crippen LogP contribution in [0.25, 0.3) is 0 Å². The molecule has 0 spiro atoms. The number of hydrogen-bond donors (Lipinski definition) is 2. The van der Waals surface area contributed by atoms with Crippen LogP contribution in [0.1, 0.15) is 20.8 Å². The van der Waals surface area contributed by atoms with E-state index < -0.39 is 11.7 Å². The number of rotatable bonds is 3. The van der Waals surface area contributed by atoms with E-state index in [2.05, 4.69) is 5.32 Å². The Balaban J connectivity index is 3.47. The molecule has 0 radical (unpaired) electrons. The molecule has 0 aromatic heterocycles. The van der Waals surface area contributed by atoms with Gasteiger partial charge in [-0.15, -0.1) is 0 Å². The summed E-state index contributed by atoms with van der Waals surface area (Å²) in [7, 11) is 0. The maximum atomic E-state index is 11.0. The zero-order valence-electron chi connectivity index (χ0n) is 7.72. The van der Waals surface area contributed by atoms with Gasteiger partial charge in [0.2, 0.25) is 0 Å². The lowest BCUT2D eigenvalue weighted by Gasteiger charge is -2.19. The zero-order chi connectivity index (χ0) is 9.61. The maximum absolute atomic E-state index is 11.0. The molecule has 0 aromatic carbocycles.